The second kappa shape index (κ2) is 9.61. The van der Waals surface area contributed by atoms with E-state index in [2.05, 4.69) is 10.7 Å². The second-order valence-corrected chi connectivity index (χ2v) is 7.66. The first-order valence-corrected chi connectivity index (χ1v) is 10.0. The normalized spacial score (nSPS) is 15.5. The van der Waals surface area contributed by atoms with Crippen molar-refractivity contribution in [1.82, 2.24) is 10.4 Å². The number of rotatable bonds is 6. The van der Waals surface area contributed by atoms with Crippen LogP contribution in [0.5, 0.6) is 0 Å². The number of para-hydroxylation sites is 1. The zero-order chi connectivity index (χ0) is 22.5. The number of nitrogens with zero attached hydrogens (tertiary/aromatic N) is 1. The molecular weight excluding hydrogens is 422 g/mol. The first kappa shape index (κ1) is 22.3. The summed E-state index contributed by atoms with van der Waals surface area (Å²) in [5.74, 6) is -2.92. The Hall–Kier alpha value is -3.39. The molecule has 2 aromatic rings. The Balaban J connectivity index is 1.51. The molecule has 3 rings (SSSR count). The number of anilines is 1. The summed E-state index contributed by atoms with van der Waals surface area (Å²) in [5.41, 5.74) is 5.13. The molecule has 0 unspecified atom stereocenters. The Bertz CT molecular complexity index is 1020. The molecule has 1 atom stereocenters. The van der Waals surface area contributed by atoms with Crippen molar-refractivity contribution in [3.8, 4) is 0 Å². The van der Waals surface area contributed by atoms with Crippen molar-refractivity contribution < 1.29 is 23.9 Å². The van der Waals surface area contributed by atoms with Crippen molar-refractivity contribution >= 4 is 41.0 Å². The van der Waals surface area contributed by atoms with Crippen LogP contribution in [0.4, 0.5) is 5.69 Å². The lowest BCUT2D eigenvalue weighted by molar-refractivity contribution is -0.151. The molecule has 2 aromatic carbocycles. The molecule has 0 spiro atoms. The van der Waals surface area contributed by atoms with Gasteiger partial charge in [0, 0.05) is 12.1 Å². The molecule has 2 N–H and O–H groups in total. The topological polar surface area (TPSA) is 105 Å². The maximum Gasteiger partial charge on any atom is 0.311 e. The molecule has 0 aliphatic carbocycles. The molecule has 0 bridgehead atoms. The summed E-state index contributed by atoms with van der Waals surface area (Å²) >= 11 is 5.99. The number of benzene rings is 2. The van der Waals surface area contributed by atoms with Crippen LogP contribution in [-0.2, 0) is 19.1 Å². The van der Waals surface area contributed by atoms with E-state index >= 15 is 0 Å². The second-order valence-electron chi connectivity index (χ2n) is 7.25. The van der Waals surface area contributed by atoms with Gasteiger partial charge in [-0.15, -0.1) is 0 Å². The lowest BCUT2D eigenvalue weighted by Gasteiger charge is -2.18. The van der Waals surface area contributed by atoms with Crippen LogP contribution < -0.4 is 10.7 Å². The predicted molar refractivity (Wildman–Crippen MR) is 114 cm³/mol. The maximum atomic E-state index is 12.3. The summed E-state index contributed by atoms with van der Waals surface area (Å²) < 4.78 is 5.08. The molecule has 1 heterocycles. The van der Waals surface area contributed by atoms with Crippen molar-refractivity contribution in [2.75, 3.05) is 18.5 Å². The van der Waals surface area contributed by atoms with E-state index < -0.39 is 36.2 Å². The molecule has 1 fully saturated rings. The average Bonchev–Trinajstić information content (AvgIpc) is 3.09. The summed E-state index contributed by atoms with van der Waals surface area (Å²) in [6.07, 6.45) is -0.125. The monoisotopic (exact) mass is 443 g/mol. The van der Waals surface area contributed by atoms with E-state index in [1.165, 1.54) is 6.07 Å². The highest BCUT2D eigenvalue weighted by Gasteiger charge is 2.37. The number of nitrogens with one attached hydrogen (secondary N) is 2. The van der Waals surface area contributed by atoms with Crippen molar-refractivity contribution in [3.63, 3.8) is 0 Å². The van der Waals surface area contributed by atoms with Gasteiger partial charge >= 0.3 is 5.97 Å². The summed E-state index contributed by atoms with van der Waals surface area (Å²) in [6, 6.07) is 12.0. The number of amides is 3. The smallest absolute Gasteiger partial charge is 0.311 e. The fourth-order valence-corrected chi connectivity index (χ4v) is 3.46. The Labute approximate surface area is 184 Å². The number of carbonyl (C=O) groups is 4. The zero-order valence-electron chi connectivity index (χ0n) is 17.1. The number of halogens is 1. The minimum absolute atomic E-state index is 0.0492. The SMILES string of the molecule is Cc1cccc(C)c1NC(=O)COC(=O)[C@H]1CC(=O)N(NC(=O)c2ccccc2Cl)C1. The molecule has 162 valence electrons. The van der Waals surface area contributed by atoms with Gasteiger partial charge in [0.05, 0.1) is 23.0 Å². The van der Waals surface area contributed by atoms with Gasteiger partial charge < -0.3 is 10.1 Å². The van der Waals surface area contributed by atoms with Crippen molar-refractivity contribution in [3.05, 3.63) is 64.2 Å². The van der Waals surface area contributed by atoms with Crippen LogP contribution in [0.15, 0.2) is 42.5 Å². The molecule has 0 radical (unpaired) electrons. The van der Waals surface area contributed by atoms with Crippen LogP contribution in [-0.4, -0.2) is 41.9 Å². The summed E-state index contributed by atoms with van der Waals surface area (Å²) in [7, 11) is 0. The third-order valence-corrected chi connectivity index (χ3v) is 5.23. The van der Waals surface area contributed by atoms with Crippen LogP contribution in [0.2, 0.25) is 5.02 Å². The molecule has 8 nitrogen and oxygen atoms in total. The fourth-order valence-electron chi connectivity index (χ4n) is 3.24. The van der Waals surface area contributed by atoms with Gasteiger partial charge in [0.15, 0.2) is 6.61 Å². The van der Waals surface area contributed by atoms with Gasteiger partial charge in [-0.1, -0.05) is 41.9 Å². The average molecular weight is 444 g/mol. The van der Waals surface area contributed by atoms with Gasteiger partial charge in [-0.2, -0.15) is 0 Å². The van der Waals surface area contributed by atoms with Gasteiger partial charge in [0.25, 0.3) is 11.8 Å². The number of hydrogen-bond donors (Lipinski definition) is 2. The zero-order valence-corrected chi connectivity index (χ0v) is 17.9. The maximum absolute atomic E-state index is 12.3. The molecule has 9 heteroatoms. The largest absolute Gasteiger partial charge is 0.455 e. The van der Waals surface area contributed by atoms with E-state index in [1.54, 1.807) is 18.2 Å². The molecule has 31 heavy (non-hydrogen) atoms. The Morgan fingerprint density at radius 3 is 2.45 bits per heavy atom. The van der Waals surface area contributed by atoms with Crippen LogP contribution in [0.25, 0.3) is 0 Å². The molecule has 3 amide bonds. The molecule has 0 saturated carbocycles. The summed E-state index contributed by atoms with van der Waals surface area (Å²) in [4.78, 5) is 49.0. The molecule has 0 aromatic heterocycles. The summed E-state index contributed by atoms with van der Waals surface area (Å²) in [6.45, 7) is 3.21. The number of hydrazine groups is 1. The van der Waals surface area contributed by atoms with Gasteiger partial charge in [-0.25, -0.2) is 0 Å². The van der Waals surface area contributed by atoms with Crippen LogP contribution >= 0.6 is 11.6 Å². The highest BCUT2D eigenvalue weighted by atomic mass is 35.5. The van der Waals surface area contributed by atoms with E-state index in [9.17, 15) is 19.2 Å². The number of carbonyl (C=O) groups excluding carboxylic acids is 4. The van der Waals surface area contributed by atoms with E-state index in [-0.39, 0.29) is 23.6 Å². The highest BCUT2D eigenvalue weighted by Crippen LogP contribution is 2.21. The van der Waals surface area contributed by atoms with Crippen LogP contribution in [0.3, 0.4) is 0 Å². The predicted octanol–water partition coefficient (Wildman–Crippen LogP) is 2.63. The van der Waals surface area contributed by atoms with Crippen molar-refractivity contribution in [2.45, 2.75) is 20.3 Å². The Kier molecular flexibility index (Phi) is 6.91. The standard InChI is InChI=1S/C22H22ClN3O5/c1-13-6-5-7-14(2)20(13)24-18(27)12-31-22(30)15-10-19(28)26(11-15)25-21(29)16-8-3-4-9-17(16)23/h3-9,15H,10-12H2,1-2H3,(H,24,27)(H,25,29)/t15-/m0/s1. The lowest BCUT2D eigenvalue weighted by atomic mass is 10.1. The van der Waals surface area contributed by atoms with E-state index in [0.29, 0.717) is 5.69 Å². The fraction of sp³-hybridized carbons (Fsp3) is 0.273. The number of hydrogen-bond acceptors (Lipinski definition) is 5. The van der Waals surface area contributed by atoms with Crippen molar-refractivity contribution in [1.29, 1.82) is 0 Å². The number of esters is 1. The van der Waals surface area contributed by atoms with Crippen LogP contribution in [0.1, 0.15) is 27.9 Å². The van der Waals surface area contributed by atoms with Gasteiger partial charge in [0.1, 0.15) is 0 Å². The van der Waals surface area contributed by atoms with E-state index in [0.717, 1.165) is 16.1 Å². The van der Waals surface area contributed by atoms with E-state index in [4.69, 9.17) is 16.3 Å². The minimum Gasteiger partial charge on any atom is -0.455 e. The third-order valence-electron chi connectivity index (χ3n) is 4.90. The van der Waals surface area contributed by atoms with Crippen molar-refractivity contribution in [2.24, 2.45) is 5.92 Å². The number of aryl methyl sites for hydroxylation is 2. The number of ether oxygens (including phenoxy) is 1. The Morgan fingerprint density at radius 2 is 1.77 bits per heavy atom. The first-order valence-electron chi connectivity index (χ1n) is 9.65. The van der Waals surface area contributed by atoms with Crippen LogP contribution in [0, 0.1) is 19.8 Å². The van der Waals surface area contributed by atoms with E-state index in [1.807, 2.05) is 32.0 Å². The molecule has 1 saturated heterocycles. The first-order chi connectivity index (χ1) is 14.8. The molecule has 1 aliphatic rings. The lowest BCUT2D eigenvalue weighted by Crippen LogP contribution is -2.43. The highest BCUT2D eigenvalue weighted by molar-refractivity contribution is 6.33. The summed E-state index contributed by atoms with van der Waals surface area (Å²) in [5, 5.41) is 4.04. The van der Waals surface area contributed by atoms with Gasteiger partial charge in [-0.05, 0) is 37.1 Å². The third kappa shape index (κ3) is 5.40. The minimum atomic E-state index is -0.785. The molecule has 1 aliphatic heterocycles. The Morgan fingerprint density at radius 1 is 1.10 bits per heavy atom. The molecular formula is C22H22ClN3O5. The quantitative estimate of drug-likeness (QED) is 0.668. The van der Waals surface area contributed by atoms with Gasteiger partial charge in [0.2, 0.25) is 5.91 Å². The van der Waals surface area contributed by atoms with Gasteiger partial charge in [-0.3, -0.25) is 29.6 Å².